The first-order valence-corrected chi connectivity index (χ1v) is 11.7. The first-order valence-electron chi connectivity index (χ1n) is 10.5. The number of hydrogen-bond donors (Lipinski definition) is 2. The summed E-state index contributed by atoms with van der Waals surface area (Å²) in [6.07, 6.45) is 2.51. The summed E-state index contributed by atoms with van der Waals surface area (Å²) in [5, 5.41) is 11.0. The molecular formula is C22H26ClN5O3S. The van der Waals surface area contributed by atoms with Crippen LogP contribution in [0.15, 0.2) is 40.5 Å². The Morgan fingerprint density at radius 1 is 1.44 bits per heavy atom. The zero-order chi connectivity index (χ0) is 22.8. The number of carbonyl (C=O) groups is 1. The second-order valence-electron chi connectivity index (χ2n) is 7.91. The number of nitrogens with zero attached hydrogens (tertiary/aromatic N) is 4. The molecule has 2 atom stereocenters. The minimum atomic E-state index is -0.961. The maximum absolute atomic E-state index is 12.1. The van der Waals surface area contributed by atoms with E-state index in [2.05, 4.69) is 9.55 Å². The van der Waals surface area contributed by atoms with E-state index in [9.17, 15) is 9.90 Å². The van der Waals surface area contributed by atoms with Gasteiger partial charge in [-0.05, 0) is 61.7 Å². The molecule has 0 saturated carbocycles. The summed E-state index contributed by atoms with van der Waals surface area (Å²) >= 11 is 7.88. The highest BCUT2D eigenvalue weighted by molar-refractivity contribution is 7.99. The predicted octanol–water partition coefficient (Wildman–Crippen LogP) is 3.45. The molecule has 1 fully saturated rings. The van der Waals surface area contributed by atoms with Gasteiger partial charge in [-0.15, -0.1) is 0 Å². The maximum atomic E-state index is 12.1. The van der Waals surface area contributed by atoms with Crippen molar-refractivity contribution in [2.24, 2.45) is 5.92 Å². The molecule has 8 nitrogen and oxygen atoms in total. The number of halogens is 1. The van der Waals surface area contributed by atoms with Crippen LogP contribution in [0.1, 0.15) is 19.8 Å². The number of aryl methyl sites for hydroxylation is 1. The Morgan fingerprint density at radius 3 is 3.00 bits per heavy atom. The Hall–Kier alpha value is -2.49. The van der Waals surface area contributed by atoms with Gasteiger partial charge >= 0.3 is 0 Å². The third kappa shape index (κ3) is 4.65. The molecule has 10 heteroatoms. The second kappa shape index (κ2) is 9.56. The van der Waals surface area contributed by atoms with Gasteiger partial charge in [0.1, 0.15) is 17.4 Å². The smallest absolute Gasteiger partial charge is 0.251 e. The van der Waals surface area contributed by atoms with Gasteiger partial charge in [-0.3, -0.25) is 4.79 Å². The van der Waals surface area contributed by atoms with Crippen LogP contribution in [0.25, 0.3) is 11.0 Å². The van der Waals surface area contributed by atoms with Gasteiger partial charge in [-0.25, -0.2) is 9.97 Å². The third-order valence-electron chi connectivity index (χ3n) is 5.72. The number of likely N-dealkylation sites (tertiary alicyclic amines) is 1. The molecule has 0 bridgehead atoms. The summed E-state index contributed by atoms with van der Waals surface area (Å²) in [7, 11) is 1.62. The van der Waals surface area contributed by atoms with Crippen LogP contribution in [0.5, 0.6) is 5.75 Å². The van der Waals surface area contributed by atoms with Crippen molar-refractivity contribution in [2.75, 3.05) is 25.9 Å². The summed E-state index contributed by atoms with van der Waals surface area (Å²) in [5.41, 5.74) is 7.67. The van der Waals surface area contributed by atoms with Crippen LogP contribution < -0.4 is 10.5 Å². The van der Waals surface area contributed by atoms with Crippen molar-refractivity contribution >= 4 is 46.1 Å². The number of aliphatic hydroxyl groups is 1. The van der Waals surface area contributed by atoms with E-state index >= 15 is 0 Å². The topological polar surface area (TPSA) is 107 Å². The number of imidazole rings is 1. The van der Waals surface area contributed by atoms with Crippen LogP contribution in [0, 0.1) is 5.92 Å². The fourth-order valence-corrected chi connectivity index (χ4v) is 5.18. The van der Waals surface area contributed by atoms with E-state index < -0.39 is 6.10 Å². The number of hydrogen-bond acceptors (Lipinski definition) is 7. The fraction of sp³-hybridized carbons (Fsp3) is 0.409. The van der Waals surface area contributed by atoms with Gasteiger partial charge in [-0.2, -0.15) is 0 Å². The highest BCUT2D eigenvalue weighted by atomic mass is 35.5. The van der Waals surface area contributed by atoms with Gasteiger partial charge in [0.2, 0.25) is 0 Å². The first-order chi connectivity index (χ1) is 15.4. The number of pyridine rings is 1. The molecule has 1 aliphatic heterocycles. The van der Waals surface area contributed by atoms with E-state index in [0.717, 1.165) is 34.2 Å². The summed E-state index contributed by atoms with van der Waals surface area (Å²) in [6, 6.07) is 7.41. The van der Waals surface area contributed by atoms with Crippen LogP contribution >= 0.6 is 23.4 Å². The molecule has 3 heterocycles. The number of nitrogen functional groups attached to an aromatic ring is 1. The van der Waals surface area contributed by atoms with Gasteiger partial charge in [0.15, 0.2) is 11.0 Å². The lowest BCUT2D eigenvalue weighted by atomic mass is 10.1. The average Bonchev–Trinajstić information content (AvgIpc) is 3.38. The lowest BCUT2D eigenvalue weighted by molar-refractivity contribution is -0.138. The summed E-state index contributed by atoms with van der Waals surface area (Å²) in [5.74, 6) is 1.25. The SMILES string of the molecule is COc1ccc(Cl)c(Sc2nc3c(N)nccc3n2CCC2CCN(C(=O)[C@@H](C)O)C2)c1. The van der Waals surface area contributed by atoms with E-state index in [-0.39, 0.29) is 5.91 Å². The van der Waals surface area contributed by atoms with E-state index in [1.165, 1.54) is 18.7 Å². The molecule has 32 heavy (non-hydrogen) atoms. The zero-order valence-corrected chi connectivity index (χ0v) is 19.6. The number of anilines is 1. The molecule has 2 aromatic heterocycles. The highest BCUT2D eigenvalue weighted by Crippen LogP contribution is 2.37. The lowest BCUT2D eigenvalue weighted by Crippen LogP contribution is -2.36. The molecule has 1 unspecified atom stereocenters. The molecule has 0 aliphatic carbocycles. The van der Waals surface area contributed by atoms with Crippen LogP contribution in [0.2, 0.25) is 5.02 Å². The van der Waals surface area contributed by atoms with E-state index in [1.807, 2.05) is 18.2 Å². The number of aliphatic hydroxyl groups excluding tert-OH is 1. The number of ether oxygens (including phenoxy) is 1. The molecule has 1 aliphatic rings. The van der Waals surface area contributed by atoms with Crippen molar-refractivity contribution in [1.29, 1.82) is 0 Å². The summed E-state index contributed by atoms with van der Waals surface area (Å²) < 4.78 is 7.47. The van der Waals surface area contributed by atoms with Crippen molar-refractivity contribution in [2.45, 2.75) is 42.5 Å². The molecule has 1 saturated heterocycles. The molecule has 0 spiro atoms. The minimum absolute atomic E-state index is 0.205. The zero-order valence-electron chi connectivity index (χ0n) is 18.0. The first kappa shape index (κ1) is 22.7. The van der Waals surface area contributed by atoms with Crippen molar-refractivity contribution in [3.05, 3.63) is 35.5 Å². The molecule has 1 amide bonds. The van der Waals surface area contributed by atoms with Crippen LogP contribution in [-0.2, 0) is 11.3 Å². The molecule has 0 radical (unpaired) electrons. The quantitative estimate of drug-likeness (QED) is 0.539. The number of rotatable bonds is 7. The number of methoxy groups -OCH3 is 1. The van der Waals surface area contributed by atoms with E-state index in [1.54, 1.807) is 24.3 Å². The number of fused-ring (bicyclic) bond motifs is 1. The molecular weight excluding hydrogens is 450 g/mol. The van der Waals surface area contributed by atoms with Crippen molar-refractivity contribution < 1.29 is 14.6 Å². The van der Waals surface area contributed by atoms with Gasteiger partial charge in [-0.1, -0.05) is 11.6 Å². The van der Waals surface area contributed by atoms with Crippen molar-refractivity contribution in [3.8, 4) is 5.75 Å². The van der Waals surface area contributed by atoms with Crippen molar-refractivity contribution in [3.63, 3.8) is 0 Å². The standard InChI is InChI=1S/C22H26ClN5O3S/c1-13(29)21(30)27-9-6-14(12-27)7-10-28-17-5-8-25-20(24)19(17)26-22(28)32-18-11-15(31-2)3-4-16(18)23/h3-5,8,11,13-14,29H,6-7,9-10,12H2,1-2H3,(H2,24,25)/t13-,14?/m1/s1. The number of carbonyl (C=O) groups excluding carboxylic acids is 1. The minimum Gasteiger partial charge on any atom is -0.497 e. The van der Waals surface area contributed by atoms with E-state index in [0.29, 0.717) is 41.9 Å². The maximum Gasteiger partial charge on any atom is 0.251 e. The summed E-state index contributed by atoms with van der Waals surface area (Å²) in [6.45, 7) is 3.56. The van der Waals surface area contributed by atoms with Gasteiger partial charge in [0.05, 0.1) is 17.6 Å². The number of nitrogens with two attached hydrogens (primary N) is 1. The fourth-order valence-electron chi connectivity index (χ4n) is 3.98. The normalized spacial score (nSPS) is 17.1. The Morgan fingerprint density at radius 2 is 2.25 bits per heavy atom. The average molecular weight is 476 g/mol. The predicted molar refractivity (Wildman–Crippen MR) is 125 cm³/mol. The molecule has 4 rings (SSSR count). The molecule has 3 aromatic rings. The monoisotopic (exact) mass is 475 g/mol. The van der Waals surface area contributed by atoms with Gasteiger partial charge < -0.3 is 25.0 Å². The van der Waals surface area contributed by atoms with Gasteiger partial charge in [0.25, 0.3) is 5.91 Å². The largest absolute Gasteiger partial charge is 0.497 e. The summed E-state index contributed by atoms with van der Waals surface area (Å²) in [4.78, 5) is 23.6. The highest BCUT2D eigenvalue weighted by Gasteiger charge is 2.28. The lowest BCUT2D eigenvalue weighted by Gasteiger charge is -2.18. The Balaban J connectivity index is 1.58. The number of benzene rings is 1. The Labute approximate surface area is 195 Å². The number of aromatic nitrogens is 3. The third-order valence-corrected chi connectivity index (χ3v) is 7.21. The van der Waals surface area contributed by atoms with E-state index in [4.69, 9.17) is 27.1 Å². The Kier molecular flexibility index (Phi) is 6.78. The van der Waals surface area contributed by atoms with Crippen molar-refractivity contribution in [1.82, 2.24) is 19.4 Å². The van der Waals surface area contributed by atoms with Crippen LogP contribution in [-0.4, -0.2) is 56.8 Å². The molecule has 170 valence electrons. The molecule has 1 aromatic carbocycles. The number of amides is 1. The second-order valence-corrected chi connectivity index (χ2v) is 9.33. The van der Waals surface area contributed by atoms with Gasteiger partial charge in [0, 0.05) is 30.7 Å². The van der Waals surface area contributed by atoms with Crippen LogP contribution in [0.4, 0.5) is 5.82 Å². The molecule has 3 N–H and O–H groups in total. The Bertz CT molecular complexity index is 1140. The van der Waals surface area contributed by atoms with Crippen LogP contribution in [0.3, 0.4) is 0 Å².